The maximum Gasteiger partial charge on any atom is 0.295 e. The molecule has 1 aromatic carbocycles. The molecule has 1 unspecified atom stereocenters. The fourth-order valence-electron chi connectivity index (χ4n) is 3.59. The number of pyridine rings is 1. The number of H-pyrrole nitrogens is 1. The fourth-order valence-corrected chi connectivity index (χ4v) is 3.85. The average molecular weight is 467 g/mol. The zero-order chi connectivity index (χ0) is 21.1. The van der Waals surface area contributed by atoms with Crippen LogP contribution in [0.15, 0.2) is 77.4 Å². The van der Waals surface area contributed by atoms with E-state index >= 15 is 0 Å². The first-order valence-electron chi connectivity index (χ1n) is 9.51. The lowest BCUT2D eigenvalue weighted by molar-refractivity contribution is -0.695. The molecule has 4 rings (SSSR count). The minimum atomic E-state index is -0.793. The summed E-state index contributed by atoms with van der Waals surface area (Å²) in [7, 11) is 0. The SMILES string of the molecule is O=C1C(=O)N(CCC[n+]2cc[nH]c2)C(c2ccccn2)C1=C([O-])c1ccc(Br)cc1. The molecular weight excluding hydrogens is 448 g/mol. The van der Waals surface area contributed by atoms with Gasteiger partial charge in [-0.1, -0.05) is 39.9 Å². The molecule has 1 aliphatic rings. The summed E-state index contributed by atoms with van der Waals surface area (Å²) in [6.07, 6.45) is 7.75. The van der Waals surface area contributed by atoms with Crippen LogP contribution in [0.5, 0.6) is 0 Å². The van der Waals surface area contributed by atoms with Gasteiger partial charge in [0, 0.05) is 29.2 Å². The number of nitrogens with zero attached hydrogens (tertiary/aromatic N) is 3. The monoisotopic (exact) mass is 466 g/mol. The Hall–Kier alpha value is -3.26. The van der Waals surface area contributed by atoms with E-state index in [-0.39, 0.29) is 5.57 Å². The summed E-state index contributed by atoms with van der Waals surface area (Å²) in [5.41, 5.74) is 0.821. The molecule has 1 N–H and O–H groups in total. The number of Topliss-reactive ketones (excluding diaryl/α,β-unsaturated/α-hetero) is 1. The highest BCUT2D eigenvalue weighted by Gasteiger charge is 2.44. The van der Waals surface area contributed by atoms with Crippen LogP contribution in [0.1, 0.15) is 23.7 Å². The van der Waals surface area contributed by atoms with Gasteiger partial charge in [0.25, 0.3) is 5.91 Å². The number of hydrogen-bond acceptors (Lipinski definition) is 4. The number of rotatable bonds is 6. The van der Waals surface area contributed by atoms with Gasteiger partial charge >= 0.3 is 0 Å². The molecule has 1 aliphatic heterocycles. The summed E-state index contributed by atoms with van der Waals surface area (Å²) in [5.74, 6) is -1.86. The summed E-state index contributed by atoms with van der Waals surface area (Å²) in [6.45, 7) is 1.01. The second-order valence-electron chi connectivity index (χ2n) is 6.94. The van der Waals surface area contributed by atoms with Crippen molar-refractivity contribution < 1.29 is 19.3 Å². The zero-order valence-electron chi connectivity index (χ0n) is 16.0. The molecule has 0 bridgehead atoms. The average Bonchev–Trinajstić information content (AvgIpc) is 3.37. The number of aromatic nitrogens is 3. The Morgan fingerprint density at radius 3 is 2.67 bits per heavy atom. The highest BCUT2D eigenvalue weighted by atomic mass is 79.9. The number of nitrogens with one attached hydrogen (secondary N) is 1. The number of hydrogen-bond donors (Lipinski definition) is 1. The van der Waals surface area contributed by atoms with E-state index in [1.165, 1.54) is 4.90 Å². The van der Waals surface area contributed by atoms with Crippen LogP contribution < -0.4 is 9.67 Å². The number of imidazole rings is 1. The summed E-state index contributed by atoms with van der Waals surface area (Å²) < 4.78 is 2.78. The Balaban J connectivity index is 1.71. The topological polar surface area (TPSA) is 93.0 Å². The third kappa shape index (κ3) is 3.91. The van der Waals surface area contributed by atoms with Gasteiger partial charge in [0.15, 0.2) is 0 Å². The van der Waals surface area contributed by atoms with E-state index in [1.54, 1.807) is 48.7 Å². The minimum Gasteiger partial charge on any atom is -0.872 e. The Labute approximate surface area is 181 Å². The van der Waals surface area contributed by atoms with E-state index in [2.05, 4.69) is 25.9 Å². The van der Waals surface area contributed by atoms with Crippen LogP contribution in [0.25, 0.3) is 5.76 Å². The van der Waals surface area contributed by atoms with Crippen molar-refractivity contribution in [2.45, 2.75) is 19.0 Å². The van der Waals surface area contributed by atoms with Crippen molar-refractivity contribution in [1.29, 1.82) is 0 Å². The van der Waals surface area contributed by atoms with Crippen LogP contribution >= 0.6 is 15.9 Å². The highest BCUT2D eigenvalue weighted by Crippen LogP contribution is 2.37. The fraction of sp³-hybridized carbons (Fsp3) is 0.182. The van der Waals surface area contributed by atoms with E-state index in [0.717, 1.165) is 4.47 Å². The molecule has 2 aromatic heterocycles. The van der Waals surface area contributed by atoms with Gasteiger partial charge in [0.2, 0.25) is 12.1 Å². The van der Waals surface area contributed by atoms with Gasteiger partial charge in [-0.15, -0.1) is 0 Å². The normalized spacial score (nSPS) is 18.2. The lowest BCUT2D eigenvalue weighted by Gasteiger charge is -2.26. The quantitative estimate of drug-likeness (QED) is 0.259. The molecule has 1 atom stereocenters. The molecule has 0 radical (unpaired) electrons. The van der Waals surface area contributed by atoms with E-state index in [9.17, 15) is 14.7 Å². The lowest BCUT2D eigenvalue weighted by atomic mass is 9.98. The molecule has 0 aliphatic carbocycles. The second kappa shape index (κ2) is 8.62. The van der Waals surface area contributed by atoms with Crippen molar-refractivity contribution in [1.82, 2.24) is 14.9 Å². The summed E-state index contributed by atoms with van der Waals surface area (Å²) >= 11 is 3.34. The maximum absolute atomic E-state index is 13.2. The summed E-state index contributed by atoms with van der Waals surface area (Å²) in [6, 6.07) is 11.2. The van der Waals surface area contributed by atoms with Gasteiger partial charge in [-0.3, -0.25) is 19.6 Å². The molecule has 152 valence electrons. The molecule has 3 heterocycles. The lowest BCUT2D eigenvalue weighted by Crippen LogP contribution is -2.36. The van der Waals surface area contributed by atoms with Gasteiger partial charge < -0.3 is 10.0 Å². The number of carbonyl (C=O) groups excluding carboxylic acids is 2. The van der Waals surface area contributed by atoms with Crippen LogP contribution in [0.2, 0.25) is 0 Å². The molecule has 30 heavy (non-hydrogen) atoms. The Bertz CT molecular complexity index is 1080. The number of aryl methyl sites for hydroxylation is 1. The predicted octanol–water partition coefficient (Wildman–Crippen LogP) is 1.77. The predicted molar refractivity (Wildman–Crippen MR) is 110 cm³/mol. The molecule has 1 saturated heterocycles. The summed E-state index contributed by atoms with van der Waals surface area (Å²) in [5, 5.41) is 13.2. The van der Waals surface area contributed by atoms with Gasteiger partial charge in [0.05, 0.1) is 12.2 Å². The number of aromatic amines is 1. The molecular formula is C22H19BrN4O3. The van der Waals surface area contributed by atoms with E-state index in [1.807, 2.05) is 23.3 Å². The van der Waals surface area contributed by atoms with Crippen molar-refractivity contribution in [2.75, 3.05) is 6.54 Å². The van der Waals surface area contributed by atoms with Crippen molar-refractivity contribution in [3.63, 3.8) is 0 Å². The zero-order valence-corrected chi connectivity index (χ0v) is 17.6. The van der Waals surface area contributed by atoms with Crippen LogP contribution in [0.4, 0.5) is 0 Å². The number of carbonyl (C=O) groups is 2. The Kier molecular flexibility index (Phi) is 5.76. The van der Waals surface area contributed by atoms with Gasteiger partial charge in [-0.05, 0) is 29.8 Å². The third-order valence-corrected chi connectivity index (χ3v) is 5.55. The summed E-state index contributed by atoms with van der Waals surface area (Å²) in [4.78, 5) is 34.5. The van der Waals surface area contributed by atoms with Crippen molar-refractivity contribution in [3.05, 3.63) is 88.7 Å². The number of halogens is 1. The smallest absolute Gasteiger partial charge is 0.295 e. The van der Waals surface area contributed by atoms with Crippen LogP contribution in [0.3, 0.4) is 0 Å². The van der Waals surface area contributed by atoms with Crippen molar-refractivity contribution in [3.8, 4) is 0 Å². The van der Waals surface area contributed by atoms with Crippen molar-refractivity contribution in [2.24, 2.45) is 0 Å². The molecule has 1 amide bonds. The third-order valence-electron chi connectivity index (χ3n) is 5.02. The van der Waals surface area contributed by atoms with E-state index in [0.29, 0.717) is 30.8 Å². The molecule has 0 saturated carbocycles. The van der Waals surface area contributed by atoms with Gasteiger partial charge in [0.1, 0.15) is 18.4 Å². The molecule has 7 nitrogen and oxygen atoms in total. The van der Waals surface area contributed by atoms with Gasteiger partial charge in [-0.2, -0.15) is 0 Å². The number of amides is 1. The first-order chi connectivity index (χ1) is 14.6. The standard InChI is InChI=1S/C22H19BrN4O3/c23-16-7-5-15(6-8-16)20(28)18-19(17-4-1-2-9-25-17)27(22(30)21(18)29)12-3-11-26-13-10-24-14-26/h1-2,4-10,13-14,19H,3,11-12H2,(H,28,29). The van der Waals surface area contributed by atoms with Crippen LogP contribution in [-0.4, -0.2) is 33.1 Å². The molecule has 3 aromatic rings. The molecule has 1 fully saturated rings. The Morgan fingerprint density at radius 2 is 2.00 bits per heavy atom. The Morgan fingerprint density at radius 1 is 1.20 bits per heavy atom. The minimum absolute atomic E-state index is 0.0460. The van der Waals surface area contributed by atoms with Gasteiger partial charge in [-0.25, -0.2) is 4.57 Å². The largest absolute Gasteiger partial charge is 0.872 e. The van der Waals surface area contributed by atoms with E-state index < -0.39 is 23.5 Å². The highest BCUT2D eigenvalue weighted by molar-refractivity contribution is 9.10. The molecule has 0 spiro atoms. The number of ketones is 1. The molecule has 8 heteroatoms. The van der Waals surface area contributed by atoms with Crippen LogP contribution in [0, 0.1) is 0 Å². The second-order valence-corrected chi connectivity index (χ2v) is 7.85. The van der Waals surface area contributed by atoms with Crippen molar-refractivity contribution >= 4 is 33.4 Å². The van der Waals surface area contributed by atoms with E-state index in [4.69, 9.17) is 0 Å². The maximum atomic E-state index is 13.2. The number of likely N-dealkylation sites (tertiary alicyclic amines) is 1. The first kappa shape index (κ1) is 20.0. The first-order valence-corrected chi connectivity index (χ1v) is 10.3. The number of benzene rings is 1. The van der Waals surface area contributed by atoms with Crippen LogP contribution in [-0.2, 0) is 16.1 Å².